The number of hydrogen-bond acceptors (Lipinski definition) is 3. The van der Waals surface area contributed by atoms with Crippen LogP contribution in [0.5, 0.6) is 5.75 Å². The number of ether oxygens (including phenoxy) is 1. The second-order valence-electron chi connectivity index (χ2n) is 5.65. The van der Waals surface area contributed by atoms with E-state index < -0.39 is 0 Å². The first kappa shape index (κ1) is 19.0. The number of anilines is 1. The minimum absolute atomic E-state index is 0.0948. The van der Waals surface area contributed by atoms with Crippen LogP contribution >= 0.6 is 23.2 Å². The van der Waals surface area contributed by atoms with Crippen LogP contribution in [0.1, 0.15) is 5.56 Å². The maximum atomic E-state index is 11.9. The van der Waals surface area contributed by atoms with Gasteiger partial charge in [-0.1, -0.05) is 35.3 Å². The SMILES string of the molecule is O=C(COc1ccc(C=Nc2cccc(Cl)c2)cc1)Nc1cccc(Cl)c1. The summed E-state index contributed by atoms with van der Waals surface area (Å²) in [4.78, 5) is 16.3. The fourth-order valence-corrected chi connectivity index (χ4v) is 2.64. The predicted molar refractivity (Wildman–Crippen MR) is 111 cm³/mol. The van der Waals surface area contributed by atoms with Crippen molar-refractivity contribution >= 4 is 46.7 Å². The Balaban J connectivity index is 1.52. The number of carbonyl (C=O) groups is 1. The van der Waals surface area contributed by atoms with Gasteiger partial charge in [-0.15, -0.1) is 0 Å². The number of nitrogens with one attached hydrogen (secondary N) is 1. The molecule has 0 unspecified atom stereocenters. The van der Waals surface area contributed by atoms with Crippen LogP contribution in [-0.2, 0) is 4.79 Å². The van der Waals surface area contributed by atoms with Crippen LogP contribution in [0.25, 0.3) is 0 Å². The number of hydrogen-bond donors (Lipinski definition) is 1. The first-order valence-electron chi connectivity index (χ1n) is 8.16. The third-order valence-electron chi connectivity index (χ3n) is 3.53. The molecule has 0 aromatic heterocycles. The molecule has 0 aliphatic carbocycles. The Morgan fingerprint density at radius 1 is 0.963 bits per heavy atom. The molecule has 1 amide bonds. The molecule has 0 saturated heterocycles. The summed E-state index contributed by atoms with van der Waals surface area (Å²) in [6.45, 7) is -0.0948. The summed E-state index contributed by atoms with van der Waals surface area (Å²) < 4.78 is 5.50. The molecule has 3 rings (SSSR count). The third kappa shape index (κ3) is 6.13. The van der Waals surface area contributed by atoms with E-state index >= 15 is 0 Å². The molecule has 0 spiro atoms. The van der Waals surface area contributed by atoms with Gasteiger partial charge in [0.1, 0.15) is 5.75 Å². The molecular weight excluding hydrogens is 383 g/mol. The Morgan fingerprint density at radius 2 is 1.67 bits per heavy atom. The monoisotopic (exact) mass is 398 g/mol. The van der Waals surface area contributed by atoms with E-state index in [0.29, 0.717) is 21.5 Å². The Kier molecular flexibility index (Phi) is 6.47. The van der Waals surface area contributed by atoms with Gasteiger partial charge in [0.2, 0.25) is 0 Å². The van der Waals surface area contributed by atoms with E-state index in [2.05, 4.69) is 10.3 Å². The van der Waals surface area contributed by atoms with Crippen LogP contribution in [0, 0.1) is 0 Å². The second-order valence-corrected chi connectivity index (χ2v) is 6.53. The number of halogens is 2. The van der Waals surface area contributed by atoms with Gasteiger partial charge in [0, 0.05) is 21.9 Å². The lowest BCUT2D eigenvalue weighted by Gasteiger charge is -2.08. The van der Waals surface area contributed by atoms with Crippen molar-refractivity contribution in [2.24, 2.45) is 4.99 Å². The molecule has 0 aliphatic rings. The first-order valence-corrected chi connectivity index (χ1v) is 8.92. The molecule has 0 heterocycles. The third-order valence-corrected chi connectivity index (χ3v) is 4.00. The van der Waals surface area contributed by atoms with Gasteiger partial charge in [-0.25, -0.2) is 0 Å². The minimum Gasteiger partial charge on any atom is -0.484 e. The molecule has 0 saturated carbocycles. The number of carbonyl (C=O) groups excluding carboxylic acids is 1. The molecule has 0 atom stereocenters. The van der Waals surface area contributed by atoms with Gasteiger partial charge in [0.05, 0.1) is 5.69 Å². The van der Waals surface area contributed by atoms with E-state index in [0.717, 1.165) is 11.3 Å². The van der Waals surface area contributed by atoms with Crippen molar-refractivity contribution in [3.63, 3.8) is 0 Å². The average Bonchev–Trinajstić information content (AvgIpc) is 2.66. The van der Waals surface area contributed by atoms with Gasteiger partial charge in [-0.2, -0.15) is 0 Å². The van der Waals surface area contributed by atoms with Crippen molar-refractivity contribution in [3.8, 4) is 5.75 Å². The average molecular weight is 399 g/mol. The summed E-state index contributed by atoms with van der Waals surface area (Å²) in [7, 11) is 0. The van der Waals surface area contributed by atoms with Gasteiger partial charge < -0.3 is 10.1 Å². The first-order chi connectivity index (χ1) is 13.1. The molecule has 3 aromatic rings. The van der Waals surface area contributed by atoms with Crippen molar-refractivity contribution in [1.82, 2.24) is 0 Å². The highest BCUT2D eigenvalue weighted by atomic mass is 35.5. The molecule has 0 bridgehead atoms. The van der Waals surface area contributed by atoms with Crippen LogP contribution in [0.15, 0.2) is 77.8 Å². The molecule has 3 aromatic carbocycles. The maximum absolute atomic E-state index is 11.9. The molecule has 6 heteroatoms. The van der Waals surface area contributed by atoms with Crippen molar-refractivity contribution < 1.29 is 9.53 Å². The van der Waals surface area contributed by atoms with Crippen molar-refractivity contribution in [2.45, 2.75) is 0 Å². The summed E-state index contributed by atoms with van der Waals surface area (Å²) in [5.74, 6) is 0.333. The van der Waals surface area contributed by atoms with Gasteiger partial charge in [0.15, 0.2) is 6.61 Å². The number of rotatable bonds is 6. The van der Waals surface area contributed by atoms with Gasteiger partial charge >= 0.3 is 0 Å². The van der Waals surface area contributed by atoms with Crippen LogP contribution in [0.3, 0.4) is 0 Å². The zero-order valence-corrected chi connectivity index (χ0v) is 15.7. The van der Waals surface area contributed by atoms with E-state index in [1.807, 2.05) is 24.3 Å². The molecule has 4 nitrogen and oxygen atoms in total. The van der Waals surface area contributed by atoms with Gasteiger partial charge in [-0.05, 0) is 66.2 Å². The highest BCUT2D eigenvalue weighted by Crippen LogP contribution is 2.18. The zero-order chi connectivity index (χ0) is 19.1. The molecular formula is C21H16Cl2N2O2. The second kappa shape index (κ2) is 9.21. The predicted octanol–water partition coefficient (Wildman–Crippen LogP) is 5.76. The zero-order valence-electron chi connectivity index (χ0n) is 14.2. The van der Waals surface area contributed by atoms with Crippen molar-refractivity contribution in [3.05, 3.63) is 88.4 Å². The quantitative estimate of drug-likeness (QED) is 0.536. The van der Waals surface area contributed by atoms with Crippen molar-refractivity contribution in [2.75, 3.05) is 11.9 Å². The molecule has 0 aliphatic heterocycles. The topological polar surface area (TPSA) is 50.7 Å². The molecule has 0 fully saturated rings. The highest BCUT2D eigenvalue weighted by molar-refractivity contribution is 6.31. The lowest BCUT2D eigenvalue weighted by molar-refractivity contribution is -0.118. The summed E-state index contributed by atoms with van der Waals surface area (Å²) in [5.41, 5.74) is 2.31. The Hall–Kier alpha value is -2.82. The summed E-state index contributed by atoms with van der Waals surface area (Å²) in [6, 6.07) is 21.5. The van der Waals surface area contributed by atoms with E-state index in [-0.39, 0.29) is 12.5 Å². The summed E-state index contributed by atoms with van der Waals surface area (Å²) >= 11 is 11.8. The maximum Gasteiger partial charge on any atom is 0.262 e. The number of aliphatic imine (C=N–C) groups is 1. The normalized spacial score (nSPS) is 10.7. The van der Waals surface area contributed by atoms with Crippen molar-refractivity contribution in [1.29, 1.82) is 0 Å². The van der Waals surface area contributed by atoms with E-state index in [4.69, 9.17) is 27.9 Å². The summed E-state index contributed by atoms with van der Waals surface area (Å²) in [5, 5.41) is 3.93. The van der Waals surface area contributed by atoms with Crippen LogP contribution < -0.4 is 10.1 Å². The lowest BCUT2D eigenvalue weighted by Crippen LogP contribution is -2.20. The fraction of sp³-hybridized carbons (Fsp3) is 0.0476. The molecule has 136 valence electrons. The largest absolute Gasteiger partial charge is 0.484 e. The minimum atomic E-state index is -0.260. The number of amides is 1. The van der Waals surface area contributed by atoms with Crippen LogP contribution in [0.4, 0.5) is 11.4 Å². The molecule has 1 N–H and O–H groups in total. The Labute approximate surface area is 167 Å². The van der Waals surface area contributed by atoms with Crippen LogP contribution in [0.2, 0.25) is 10.0 Å². The highest BCUT2D eigenvalue weighted by Gasteiger charge is 2.04. The standard InChI is InChI=1S/C21H16Cl2N2O2/c22-16-3-1-5-18(11-16)24-13-15-7-9-20(10-8-15)27-14-21(26)25-19-6-2-4-17(23)12-19/h1-13H,14H2,(H,25,26). The number of benzene rings is 3. The van der Waals surface area contributed by atoms with Gasteiger partial charge in [-0.3, -0.25) is 9.79 Å². The number of nitrogens with zero attached hydrogens (tertiary/aromatic N) is 1. The van der Waals surface area contributed by atoms with E-state index in [1.54, 1.807) is 54.7 Å². The van der Waals surface area contributed by atoms with Crippen LogP contribution in [-0.4, -0.2) is 18.7 Å². The molecule has 0 radical (unpaired) electrons. The Morgan fingerprint density at radius 3 is 2.37 bits per heavy atom. The van der Waals surface area contributed by atoms with Gasteiger partial charge in [0.25, 0.3) is 5.91 Å². The summed E-state index contributed by atoms with van der Waals surface area (Å²) in [6.07, 6.45) is 1.74. The fourth-order valence-electron chi connectivity index (χ4n) is 2.27. The van der Waals surface area contributed by atoms with E-state index in [9.17, 15) is 4.79 Å². The Bertz CT molecular complexity index is 956. The lowest BCUT2D eigenvalue weighted by atomic mass is 10.2. The van der Waals surface area contributed by atoms with E-state index in [1.165, 1.54) is 0 Å². The smallest absolute Gasteiger partial charge is 0.262 e. The molecule has 27 heavy (non-hydrogen) atoms.